The van der Waals surface area contributed by atoms with Gasteiger partial charge >= 0.3 is 6.09 Å². The quantitative estimate of drug-likeness (QED) is 0.885. The zero-order valence-electron chi connectivity index (χ0n) is 14.8. The minimum Gasteiger partial charge on any atom is -0.444 e. The van der Waals surface area contributed by atoms with Crippen molar-refractivity contribution in [2.75, 3.05) is 17.6 Å². The van der Waals surface area contributed by atoms with E-state index in [1.54, 1.807) is 24.1 Å². The number of amides is 2. The molecule has 0 spiro atoms. The summed E-state index contributed by atoms with van der Waals surface area (Å²) in [7, 11) is 0. The number of carbonyl (C=O) groups excluding carboxylic acids is 2. The number of ether oxygens (including phenoxy) is 1. The van der Waals surface area contributed by atoms with E-state index in [1.807, 2.05) is 20.8 Å². The van der Waals surface area contributed by atoms with Gasteiger partial charge in [0.25, 0.3) is 0 Å². The summed E-state index contributed by atoms with van der Waals surface area (Å²) in [6, 6.07) is 1.54. The maximum Gasteiger partial charge on any atom is 0.410 e. The third kappa shape index (κ3) is 4.84. The van der Waals surface area contributed by atoms with Crippen molar-refractivity contribution in [3.63, 3.8) is 0 Å². The predicted octanol–water partition coefficient (Wildman–Crippen LogP) is 2.70. The van der Waals surface area contributed by atoms with Crippen LogP contribution in [0.3, 0.4) is 0 Å². The summed E-state index contributed by atoms with van der Waals surface area (Å²) in [4.78, 5) is 30.3. The molecule has 3 N–H and O–H groups in total. The number of aryl methyl sites for hydroxylation is 1. The van der Waals surface area contributed by atoms with Gasteiger partial charge in [0.15, 0.2) is 0 Å². The molecule has 0 radical (unpaired) electrons. The van der Waals surface area contributed by atoms with Crippen LogP contribution in [-0.4, -0.2) is 40.1 Å². The van der Waals surface area contributed by atoms with Crippen LogP contribution < -0.4 is 11.1 Å². The van der Waals surface area contributed by atoms with Gasteiger partial charge in [-0.3, -0.25) is 9.78 Å². The lowest BCUT2D eigenvalue weighted by atomic mass is 10.1. The lowest BCUT2D eigenvalue weighted by Gasteiger charge is -2.28. The number of hydrogen-bond acceptors (Lipinski definition) is 5. The molecule has 24 heavy (non-hydrogen) atoms. The van der Waals surface area contributed by atoms with Gasteiger partial charge < -0.3 is 20.7 Å². The van der Waals surface area contributed by atoms with Crippen LogP contribution in [0.1, 0.15) is 45.7 Å². The van der Waals surface area contributed by atoms with Crippen molar-refractivity contribution in [1.29, 1.82) is 0 Å². The largest absolute Gasteiger partial charge is 0.444 e. The molecule has 2 amide bonds. The van der Waals surface area contributed by atoms with Crippen LogP contribution in [0.5, 0.6) is 0 Å². The highest BCUT2D eigenvalue weighted by atomic mass is 16.6. The molecule has 1 aromatic heterocycles. The van der Waals surface area contributed by atoms with Crippen LogP contribution in [-0.2, 0) is 9.53 Å². The third-order valence-corrected chi connectivity index (χ3v) is 3.84. The molecule has 7 nitrogen and oxygen atoms in total. The normalized spacial score (nSPS) is 17.7. The van der Waals surface area contributed by atoms with E-state index in [9.17, 15) is 9.59 Å². The summed E-state index contributed by atoms with van der Waals surface area (Å²) in [6.45, 7) is 7.91. The highest BCUT2D eigenvalue weighted by Gasteiger charge is 2.33. The van der Waals surface area contributed by atoms with Gasteiger partial charge in [-0.25, -0.2) is 4.79 Å². The Morgan fingerprint density at radius 1 is 1.46 bits per heavy atom. The second-order valence-electron chi connectivity index (χ2n) is 7.12. The zero-order chi connectivity index (χ0) is 17.9. The van der Waals surface area contributed by atoms with Crippen LogP contribution in [0.15, 0.2) is 12.3 Å². The third-order valence-electron chi connectivity index (χ3n) is 3.84. The number of nitrogen functional groups attached to an aromatic ring is 1. The topological polar surface area (TPSA) is 97.5 Å². The molecule has 1 fully saturated rings. The van der Waals surface area contributed by atoms with E-state index in [0.717, 1.165) is 18.5 Å². The highest BCUT2D eigenvalue weighted by Crippen LogP contribution is 2.23. The van der Waals surface area contributed by atoms with E-state index in [4.69, 9.17) is 10.5 Å². The number of nitrogens with two attached hydrogens (primary N) is 1. The molecule has 1 saturated heterocycles. The van der Waals surface area contributed by atoms with E-state index in [1.165, 1.54) is 0 Å². The minimum atomic E-state index is -0.544. The molecule has 1 aromatic rings. The fourth-order valence-electron chi connectivity index (χ4n) is 2.65. The lowest BCUT2D eigenvalue weighted by molar-refractivity contribution is -0.117. The van der Waals surface area contributed by atoms with E-state index in [0.29, 0.717) is 17.9 Å². The summed E-state index contributed by atoms with van der Waals surface area (Å²) in [5.74, 6) is -0.166. The Balaban J connectivity index is 1.94. The number of aromatic nitrogens is 1. The Labute approximate surface area is 142 Å². The second kappa shape index (κ2) is 7.07. The average molecular weight is 334 g/mol. The molecular weight excluding hydrogens is 308 g/mol. The molecule has 0 bridgehead atoms. The van der Waals surface area contributed by atoms with Crippen molar-refractivity contribution in [1.82, 2.24) is 9.88 Å². The molecule has 0 saturated carbocycles. The molecule has 2 heterocycles. The first-order valence-corrected chi connectivity index (χ1v) is 8.17. The maximum atomic E-state index is 12.3. The van der Waals surface area contributed by atoms with Crippen molar-refractivity contribution in [3.8, 4) is 0 Å². The van der Waals surface area contributed by atoms with Crippen LogP contribution in [0.4, 0.5) is 16.2 Å². The van der Waals surface area contributed by atoms with Crippen molar-refractivity contribution in [3.05, 3.63) is 18.0 Å². The standard InChI is InChI=1S/C17H26N4O3/c1-11-14(18)8-12(10-19-11)20-15(22)9-13-6-5-7-21(13)16(23)24-17(2,3)4/h8,10,13H,5-7,9,18H2,1-4H3,(H,20,22)/t13-/m0/s1. The average Bonchev–Trinajstić information content (AvgIpc) is 2.89. The number of pyridine rings is 1. The number of carbonyl (C=O) groups is 2. The van der Waals surface area contributed by atoms with Crippen molar-refractivity contribution in [2.45, 2.75) is 58.6 Å². The molecule has 0 aliphatic carbocycles. The van der Waals surface area contributed by atoms with Gasteiger partial charge in [-0.2, -0.15) is 0 Å². The highest BCUT2D eigenvalue weighted by molar-refractivity contribution is 5.91. The Kier molecular flexibility index (Phi) is 5.31. The molecule has 7 heteroatoms. The first-order valence-electron chi connectivity index (χ1n) is 8.17. The molecule has 132 valence electrons. The van der Waals surface area contributed by atoms with Gasteiger partial charge in [-0.1, -0.05) is 0 Å². The fraction of sp³-hybridized carbons (Fsp3) is 0.588. The number of nitrogens with one attached hydrogen (secondary N) is 1. The van der Waals surface area contributed by atoms with Crippen LogP contribution in [0.2, 0.25) is 0 Å². The maximum absolute atomic E-state index is 12.3. The SMILES string of the molecule is Cc1ncc(NC(=O)C[C@@H]2CCCN2C(=O)OC(C)(C)C)cc1N. The zero-order valence-corrected chi connectivity index (χ0v) is 14.8. The summed E-state index contributed by atoms with van der Waals surface area (Å²) in [6.07, 6.45) is 3.10. The first-order chi connectivity index (χ1) is 11.2. The Bertz CT molecular complexity index is 625. The summed E-state index contributed by atoms with van der Waals surface area (Å²) in [5, 5.41) is 2.78. The number of hydrogen-bond donors (Lipinski definition) is 2. The summed E-state index contributed by atoms with van der Waals surface area (Å²) in [5.41, 5.74) is 7.07. The van der Waals surface area contributed by atoms with Crippen molar-refractivity contribution < 1.29 is 14.3 Å². The van der Waals surface area contributed by atoms with Crippen LogP contribution in [0, 0.1) is 6.92 Å². The van der Waals surface area contributed by atoms with Gasteiger partial charge in [0.1, 0.15) is 5.60 Å². The molecule has 0 aromatic carbocycles. The molecular formula is C17H26N4O3. The van der Waals surface area contributed by atoms with E-state index < -0.39 is 5.60 Å². The van der Waals surface area contributed by atoms with E-state index in [2.05, 4.69) is 10.3 Å². The van der Waals surface area contributed by atoms with E-state index >= 15 is 0 Å². The second-order valence-corrected chi connectivity index (χ2v) is 7.12. The van der Waals surface area contributed by atoms with Gasteiger partial charge in [0, 0.05) is 19.0 Å². The van der Waals surface area contributed by atoms with Gasteiger partial charge in [0.2, 0.25) is 5.91 Å². The predicted molar refractivity (Wildman–Crippen MR) is 92.6 cm³/mol. The van der Waals surface area contributed by atoms with Gasteiger partial charge in [-0.15, -0.1) is 0 Å². The number of anilines is 2. The number of nitrogens with zero attached hydrogens (tertiary/aromatic N) is 2. The smallest absolute Gasteiger partial charge is 0.410 e. The Hall–Kier alpha value is -2.31. The molecule has 1 aliphatic rings. The van der Waals surface area contributed by atoms with Gasteiger partial charge in [-0.05, 0) is 46.6 Å². The summed E-state index contributed by atoms with van der Waals surface area (Å²) < 4.78 is 5.41. The minimum absolute atomic E-state index is 0.143. The Morgan fingerprint density at radius 3 is 2.79 bits per heavy atom. The van der Waals surface area contributed by atoms with Crippen LogP contribution >= 0.6 is 0 Å². The number of rotatable bonds is 3. The first kappa shape index (κ1) is 18.0. The molecule has 1 aliphatic heterocycles. The monoisotopic (exact) mass is 334 g/mol. The van der Waals surface area contributed by atoms with Crippen LogP contribution in [0.25, 0.3) is 0 Å². The van der Waals surface area contributed by atoms with E-state index in [-0.39, 0.29) is 24.5 Å². The van der Waals surface area contributed by atoms with Crippen molar-refractivity contribution >= 4 is 23.4 Å². The molecule has 2 rings (SSSR count). The van der Waals surface area contributed by atoms with Crippen molar-refractivity contribution in [2.24, 2.45) is 0 Å². The summed E-state index contributed by atoms with van der Waals surface area (Å²) >= 11 is 0. The van der Waals surface area contributed by atoms with Gasteiger partial charge in [0.05, 0.1) is 23.3 Å². The lowest BCUT2D eigenvalue weighted by Crippen LogP contribution is -2.41. The molecule has 1 atom stereocenters. The fourth-order valence-corrected chi connectivity index (χ4v) is 2.65. The molecule has 0 unspecified atom stereocenters. The number of likely N-dealkylation sites (tertiary alicyclic amines) is 1. The Morgan fingerprint density at radius 2 is 2.17 bits per heavy atom.